The van der Waals surface area contributed by atoms with Crippen LogP contribution in [-0.4, -0.2) is 34.8 Å². The van der Waals surface area contributed by atoms with Crippen molar-refractivity contribution in [2.24, 2.45) is 7.05 Å². The van der Waals surface area contributed by atoms with Crippen LogP contribution in [0.5, 0.6) is 0 Å². The first-order chi connectivity index (χ1) is 14.9. The minimum absolute atomic E-state index is 0.251. The Balaban J connectivity index is 1.80. The Morgan fingerprint density at radius 3 is 2.39 bits per heavy atom. The Kier molecular flexibility index (Phi) is 7.36. The Hall–Kier alpha value is -2.83. The van der Waals surface area contributed by atoms with Gasteiger partial charge in [-0.2, -0.15) is 0 Å². The van der Waals surface area contributed by atoms with E-state index in [1.807, 2.05) is 43.3 Å². The van der Waals surface area contributed by atoms with Gasteiger partial charge < -0.3 is 19.7 Å². The van der Waals surface area contributed by atoms with Crippen molar-refractivity contribution in [3.05, 3.63) is 70.4 Å². The highest BCUT2D eigenvalue weighted by molar-refractivity contribution is 6.35. The fourth-order valence-electron chi connectivity index (χ4n) is 3.75. The van der Waals surface area contributed by atoms with E-state index in [9.17, 15) is 14.7 Å². The van der Waals surface area contributed by atoms with Crippen LogP contribution in [0, 0.1) is 0 Å². The number of nitrogens with one attached hydrogen (secondary N) is 1. The third-order valence-electron chi connectivity index (χ3n) is 5.47. The number of fused-ring (bicyclic) bond motifs is 1. The molecule has 0 radical (unpaired) electrons. The number of carbonyl (C=O) groups excluding carboxylic acids is 2. The maximum atomic E-state index is 12.9. The standard InChI is InChI=1S/C24H27ClN2O4/c1-4-17(24(30)31-5-2)15-9-11-16(12-10-15)20(14-28)26-23(29)22-13-18-19(25)7-6-8-21(18)27(22)3/h6-13,17,20,28H,4-5,14H2,1-3H3,(H,26,29)/t17?,20-/m1/s1. The number of carbonyl (C=O) groups is 2. The number of benzene rings is 2. The van der Waals surface area contributed by atoms with Crippen LogP contribution in [0.15, 0.2) is 48.5 Å². The van der Waals surface area contributed by atoms with E-state index in [1.165, 1.54) is 0 Å². The summed E-state index contributed by atoms with van der Waals surface area (Å²) in [5.41, 5.74) is 2.89. The number of hydrogen-bond acceptors (Lipinski definition) is 4. The molecule has 0 saturated carbocycles. The van der Waals surface area contributed by atoms with Gasteiger partial charge in [-0.25, -0.2) is 0 Å². The summed E-state index contributed by atoms with van der Waals surface area (Å²) in [6, 6.07) is 14.0. The molecule has 6 nitrogen and oxygen atoms in total. The summed E-state index contributed by atoms with van der Waals surface area (Å²) in [6.45, 7) is 3.80. The Bertz CT molecular complexity index is 1080. The minimum atomic E-state index is -0.585. The molecule has 0 aliphatic rings. The number of rotatable bonds is 8. The average molecular weight is 443 g/mol. The zero-order valence-corrected chi connectivity index (χ0v) is 18.6. The van der Waals surface area contributed by atoms with Gasteiger partial charge in [-0.15, -0.1) is 0 Å². The van der Waals surface area contributed by atoms with Gasteiger partial charge in [0.25, 0.3) is 5.91 Å². The van der Waals surface area contributed by atoms with Crippen molar-refractivity contribution < 1.29 is 19.4 Å². The Morgan fingerprint density at radius 1 is 1.13 bits per heavy atom. The zero-order valence-electron chi connectivity index (χ0n) is 17.9. The molecule has 1 heterocycles. The molecule has 0 saturated heterocycles. The van der Waals surface area contributed by atoms with Gasteiger partial charge in [0.1, 0.15) is 5.69 Å². The number of esters is 1. The SMILES string of the molecule is CCOC(=O)C(CC)c1ccc([C@@H](CO)NC(=O)c2cc3c(Cl)cccc3n2C)cc1. The van der Waals surface area contributed by atoms with Crippen molar-refractivity contribution in [2.75, 3.05) is 13.2 Å². The second-order valence-electron chi connectivity index (χ2n) is 7.35. The first kappa shape index (κ1) is 22.8. The van der Waals surface area contributed by atoms with Gasteiger partial charge in [0.2, 0.25) is 0 Å². The number of halogens is 1. The Labute approximate surface area is 186 Å². The van der Waals surface area contributed by atoms with Crippen LogP contribution in [-0.2, 0) is 16.6 Å². The predicted octanol–water partition coefficient (Wildman–Crippen LogP) is 4.35. The van der Waals surface area contributed by atoms with Crippen LogP contribution in [0.1, 0.15) is 53.8 Å². The molecule has 1 amide bonds. The number of hydrogen-bond donors (Lipinski definition) is 2. The fraction of sp³-hybridized carbons (Fsp3) is 0.333. The molecule has 0 spiro atoms. The van der Waals surface area contributed by atoms with Crippen LogP contribution in [0.25, 0.3) is 10.9 Å². The number of ether oxygens (including phenoxy) is 1. The summed E-state index contributed by atoms with van der Waals surface area (Å²) in [5, 5.41) is 14.2. The first-order valence-electron chi connectivity index (χ1n) is 10.3. The van der Waals surface area contributed by atoms with Crippen LogP contribution >= 0.6 is 11.6 Å². The average Bonchev–Trinajstić information content (AvgIpc) is 3.11. The molecule has 2 aromatic carbocycles. The van der Waals surface area contributed by atoms with E-state index >= 15 is 0 Å². The van der Waals surface area contributed by atoms with E-state index in [4.69, 9.17) is 16.3 Å². The predicted molar refractivity (Wildman–Crippen MR) is 121 cm³/mol. The van der Waals surface area contributed by atoms with Crippen LogP contribution in [0.4, 0.5) is 0 Å². The van der Waals surface area contributed by atoms with Gasteiger partial charge in [-0.1, -0.05) is 48.9 Å². The van der Waals surface area contributed by atoms with Crippen LogP contribution < -0.4 is 5.32 Å². The lowest BCUT2D eigenvalue weighted by atomic mass is 9.94. The van der Waals surface area contributed by atoms with E-state index in [0.29, 0.717) is 23.7 Å². The van der Waals surface area contributed by atoms with Crippen LogP contribution in [0.2, 0.25) is 5.02 Å². The van der Waals surface area contributed by atoms with Crippen LogP contribution in [0.3, 0.4) is 0 Å². The molecule has 1 unspecified atom stereocenters. The van der Waals surface area contributed by atoms with Crippen molar-refractivity contribution in [2.45, 2.75) is 32.2 Å². The summed E-state index contributed by atoms with van der Waals surface area (Å²) in [6.07, 6.45) is 0.627. The molecule has 0 bridgehead atoms. The molecule has 1 aromatic heterocycles. The normalized spacial score (nSPS) is 13.1. The molecule has 2 atom stereocenters. The quantitative estimate of drug-likeness (QED) is 0.508. The lowest BCUT2D eigenvalue weighted by molar-refractivity contribution is -0.145. The van der Waals surface area contributed by atoms with Crippen molar-refractivity contribution in [3.8, 4) is 0 Å². The molecule has 164 valence electrons. The van der Waals surface area contributed by atoms with E-state index in [1.54, 1.807) is 30.7 Å². The highest BCUT2D eigenvalue weighted by atomic mass is 35.5. The molecule has 0 aliphatic heterocycles. The molecular weight excluding hydrogens is 416 g/mol. The molecule has 31 heavy (non-hydrogen) atoms. The van der Waals surface area contributed by atoms with Crippen molar-refractivity contribution in [1.29, 1.82) is 0 Å². The number of aryl methyl sites for hydroxylation is 1. The number of nitrogens with zero attached hydrogens (tertiary/aromatic N) is 1. The molecule has 2 N–H and O–H groups in total. The number of aliphatic hydroxyl groups is 1. The monoisotopic (exact) mass is 442 g/mol. The van der Waals surface area contributed by atoms with E-state index in [-0.39, 0.29) is 24.4 Å². The maximum Gasteiger partial charge on any atom is 0.313 e. The molecule has 0 aliphatic carbocycles. The van der Waals surface area contributed by atoms with Crippen molar-refractivity contribution >= 4 is 34.4 Å². The summed E-state index contributed by atoms with van der Waals surface area (Å²) < 4.78 is 6.92. The van der Waals surface area contributed by atoms with Gasteiger partial charge in [-0.3, -0.25) is 9.59 Å². The largest absolute Gasteiger partial charge is 0.466 e. The highest BCUT2D eigenvalue weighted by Crippen LogP contribution is 2.27. The van der Waals surface area contributed by atoms with Crippen molar-refractivity contribution in [1.82, 2.24) is 9.88 Å². The fourth-order valence-corrected chi connectivity index (χ4v) is 3.97. The van der Waals surface area contributed by atoms with Gasteiger partial charge in [-0.05, 0) is 42.7 Å². The molecular formula is C24H27ClN2O4. The lowest BCUT2D eigenvalue weighted by Gasteiger charge is -2.19. The third-order valence-corrected chi connectivity index (χ3v) is 5.80. The third kappa shape index (κ3) is 4.75. The highest BCUT2D eigenvalue weighted by Gasteiger charge is 2.22. The summed E-state index contributed by atoms with van der Waals surface area (Å²) in [7, 11) is 1.80. The second-order valence-corrected chi connectivity index (χ2v) is 7.76. The molecule has 0 fully saturated rings. The molecule has 3 aromatic rings. The van der Waals surface area contributed by atoms with Gasteiger partial charge in [0, 0.05) is 23.0 Å². The second kappa shape index (κ2) is 9.98. The summed E-state index contributed by atoms with van der Waals surface area (Å²) in [5.74, 6) is -0.897. The number of aliphatic hydroxyl groups excluding tert-OH is 1. The van der Waals surface area contributed by atoms with E-state index < -0.39 is 6.04 Å². The van der Waals surface area contributed by atoms with E-state index in [0.717, 1.165) is 22.0 Å². The molecule has 7 heteroatoms. The van der Waals surface area contributed by atoms with Gasteiger partial charge in [0.05, 0.1) is 25.2 Å². The Morgan fingerprint density at radius 2 is 1.81 bits per heavy atom. The summed E-state index contributed by atoms with van der Waals surface area (Å²) in [4.78, 5) is 25.1. The smallest absolute Gasteiger partial charge is 0.313 e. The van der Waals surface area contributed by atoms with Gasteiger partial charge in [0.15, 0.2) is 0 Å². The maximum absolute atomic E-state index is 12.9. The minimum Gasteiger partial charge on any atom is -0.466 e. The zero-order chi connectivity index (χ0) is 22.5. The van der Waals surface area contributed by atoms with Crippen molar-refractivity contribution in [3.63, 3.8) is 0 Å². The number of amides is 1. The van der Waals surface area contributed by atoms with E-state index in [2.05, 4.69) is 5.32 Å². The van der Waals surface area contributed by atoms with Gasteiger partial charge >= 0.3 is 5.97 Å². The first-order valence-corrected chi connectivity index (χ1v) is 10.7. The summed E-state index contributed by atoms with van der Waals surface area (Å²) >= 11 is 6.25. The topological polar surface area (TPSA) is 80.6 Å². The number of aromatic nitrogens is 1. The molecule has 3 rings (SSSR count). The lowest BCUT2D eigenvalue weighted by Crippen LogP contribution is -2.32.